The van der Waals surface area contributed by atoms with Crippen LogP contribution < -0.4 is 10.6 Å². The molecule has 3 heteroatoms. The summed E-state index contributed by atoms with van der Waals surface area (Å²) in [5.41, 5.74) is 0. The Hall–Kier alpha value is 0.270. The molecular weight excluding hydrogens is 108 g/mol. The summed E-state index contributed by atoms with van der Waals surface area (Å²) in [6.45, 7) is 2.13. The van der Waals surface area contributed by atoms with Gasteiger partial charge in [-0.3, -0.25) is 5.32 Å². The number of hydrogen-bond acceptors (Lipinski definition) is 3. The highest BCUT2D eigenvalue weighted by Gasteiger charge is 1.92. The molecule has 1 aliphatic rings. The van der Waals surface area contributed by atoms with E-state index in [-0.39, 0.29) is 0 Å². The van der Waals surface area contributed by atoms with Crippen molar-refractivity contribution in [1.82, 2.24) is 10.6 Å². The molecule has 1 fully saturated rings. The number of thioether (sulfide) groups is 1. The topological polar surface area (TPSA) is 24.1 Å². The maximum absolute atomic E-state index is 3.22. The summed E-state index contributed by atoms with van der Waals surface area (Å²) < 4.78 is 0. The molecule has 0 aromatic rings. The van der Waals surface area contributed by atoms with Gasteiger partial charge in [0.25, 0.3) is 0 Å². The monoisotopic (exact) mass is 118 g/mol. The molecule has 0 spiro atoms. The third kappa shape index (κ3) is 2.16. The van der Waals surface area contributed by atoms with Gasteiger partial charge in [-0.15, -0.1) is 11.8 Å². The Morgan fingerprint density at radius 3 is 3.29 bits per heavy atom. The molecule has 0 aromatic carbocycles. The standard InChI is InChI=1S/C4H10N2S/c1-2-7-4-6-3-5-1/h5-6H,1-4H2. The molecule has 0 atom stereocenters. The van der Waals surface area contributed by atoms with E-state index in [1.54, 1.807) is 0 Å². The van der Waals surface area contributed by atoms with E-state index in [9.17, 15) is 0 Å². The molecule has 1 rings (SSSR count). The second kappa shape index (κ2) is 3.29. The fraction of sp³-hybridized carbons (Fsp3) is 1.00. The normalized spacial score (nSPS) is 24.0. The molecule has 0 aliphatic carbocycles. The van der Waals surface area contributed by atoms with Crippen molar-refractivity contribution >= 4 is 11.8 Å². The van der Waals surface area contributed by atoms with Gasteiger partial charge in [-0.25, -0.2) is 0 Å². The van der Waals surface area contributed by atoms with Crippen molar-refractivity contribution in [2.75, 3.05) is 24.8 Å². The lowest BCUT2D eigenvalue weighted by Crippen LogP contribution is -2.26. The first-order valence-corrected chi connectivity index (χ1v) is 3.65. The second-order valence-electron chi connectivity index (χ2n) is 1.48. The van der Waals surface area contributed by atoms with Crippen molar-refractivity contribution in [2.45, 2.75) is 0 Å². The second-order valence-corrected chi connectivity index (χ2v) is 2.58. The van der Waals surface area contributed by atoms with Crippen molar-refractivity contribution in [3.8, 4) is 0 Å². The van der Waals surface area contributed by atoms with Crippen LogP contribution in [0.15, 0.2) is 0 Å². The zero-order valence-electron chi connectivity index (χ0n) is 4.24. The van der Waals surface area contributed by atoms with Gasteiger partial charge in [0.05, 0.1) is 0 Å². The highest BCUT2D eigenvalue weighted by Crippen LogP contribution is 1.95. The zero-order chi connectivity index (χ0) is 4.95. The van der Waals surface area contributed by atoms with Crippen LogP contribution in [-0.4, -0.2) is 24.8 Å². The van der Waals surface area contributed by atoms with Gasteiger partial charge in [-0.2, -0.15) is 0 Å². The average Bonchev–Trinajstić information content (AvgIpc) is 1.90. The molecule has 2 N–H and O–H groups in total. The Morgan fingerprint density at radius 2 is 2.29 bits per heavy atom. The number of hydrogen-bond donors (Lipinski definition) is 2. The molecule has 0 unspecified atom stereocenters. The summed E-state index contributed by atoms with van der Waals surface area (Å²) in [5.74, 6) is 2.35. The van der Waals surface area contributed by atoms with Gasteiger partial charge in [0.1, 0.15) is 0 Å². The summed E-state index contributed by atoms with van der Waals surface area (Å²) in [7, 11) is 0. The lowest BCUT2D eigenvalue weighted by molar-refractivity contribution is 0.662. The first-order chi connectivity index (χ1) is 3.50. The highest BCUT2D eigenvalue weighted by atomic mass is 32.2. The third-order valence-electron chi connectivity index (χ3n) is 0.877. The van der Waals surface area contributed by atoms with E-state index in [0.29, 0.717) is 0 Å². The van der Waals surface area contributed by atoms with Gasteiger partial charge < -0.3 is 5.32 Å². The Kier molecular flexibility index (Phi) is 2.55. The molecule has 2 nitrogen and oxygen atoms in total. The van der Waals surface area contributed by atoms with Crippen molar-refractivity contribution in [3.63, 3.8) is 0 Å². The molecule has 1 aliphatic heterocycles. The SMILES string of the molecule is C1CSCNCN1. The first kappa shape index (κ1) is 5.41. The van der Waals surface area contributed by atoms with Crippen LogP contribution in [0.4, 0.5) is 0 Å². The number of rotatable bonds is 0. The smallest absolute Gasteiger partial charge is 0.0461 e. The summed E-state index contributed by atoms with van der Waals surface area (Å²) in [5, 5.41) is 6.41. The summed E-state index contributed by atoms with van der Waals surface area (Å²) >= 11 is 1.94. The first-order valence-electron chi connectivity index (χ1n) is 2.49. The molecule has 1 heterocycles. The Morgan fingerprint density at radius 1 is 1.29 bits per heavy atom. The van der Waals surface area contributed by atoms with Gasteiger partial charge in [-0.05, 0) is 0 Å². The summed E-state index contributed by atoms with van der Waals surface area (Å²) in [6, 6.07) is 0. The largest absolute Gasteiger partial charge is 0.304 e. The minimum absolute atomic E-state index is 0.979. The van der Waals surface area contributed by atoms with Gasteiger partial charge in [0.15, 0.2) is 0 Å². The average molecular weight is 118 g/mol. The van der Waals surface area contributed by atoms with Crippen LogP contribution in [0.25, 0.3) is 0 Å². The Bertz CT molecular complexity index is 29.3. The van der Waals surface area contributed by atoms with Crippen LogP contribution >= 0.6 is 11.8 Å². The molecule has 0 amide bonds. The van der Waals surface area contributed by atoms with Crippen LogP contribution in [0.5, 0.6) is 0 Å². The van der Waals surface area contributed by atoms with E-state index in [4.69, 9.17) is 0 Å². The fourth-order valence-electron chi connectivity index (χ4n) is 0.516. The van der Waals surface area contributed by atoms with E-state index in [1.165, 1.54) is 5.75 Å². The Labute approximate surface area is 48.1 Å². The van der Waals surface area contributed by atoms with Crippen LogP contribution in [0, 0.1) is 0 Å². The van der Waals surface area contributed by atoms with E-state index in [2.05, 4.69) is 10.6 Å². The molecule has 0 saturated carbocycles. The van der Waals surface area contributed by atoms with Crippen molar-refractivity contribution in [1.29, 1.82) is 0 Å². The molecule has 42 valence electrons. The maximum Gasteiger partial charge on any atom is 0.0461 e. The van der Waals surface area contributed by atoms with Crippen molar-refractivity contribution in [3.05, 3.63) is 0 Å². The third-order valence-corrected chi connectivity index (χ3v) is 1.78. The van der Waals surface area contributed by atoms with E-state index < -0.39 is 0 Å². The Balaban J connectivity index is 2.04. The molecule has 1 saturated heterocycles. The molecule has 0 aromatic heterocycles. The minimum Gasteiger partial charge on any atom is -0.304 e. The molecule has 7 heavy (non-hydrogen) atoms. The quantitative estimate of drug-likeness (QED) is 0.461. The van der Waals surface area contributed by atoms with Crippen molar-refractivity contribution in [2.24, 2.45) is 0 Å². The van der Waals surface area contributed by atoms with Gasteiger partial charge in [0.2, 0.25) is 0 Å². The van der Waals surface area contributed by atoms with Gasteiger partial charge in [0, 0.05) is 24.8 Å². The van der Waals surface area contributed by atoms with Crippen LogP contribution in [0.1, 0.15) is 0 Å². The molecule has 0 radical (unpaired) electrons. The zero-order valence-corrected chi connectivity index (χ0v) is 5.05. The maximum atomic E-state index is 3.22. The van der Waals surface area contributed by atoms with Crippen LogP contribution in [0.2, 0.25) is 0 Å². The van der Waals surface area contributed by atoms with Gasteiger partial charge in [-0.1, -0.05) is 0 Å². The molecule has 0 bridgehead atoms. The summed E-state index contributed by atoms with van der Waals surface area (Å²) in [4.78, 5) is 0. The lowest BCUT2D eigenvalue weighted by Gasteiger charge is -1.93. The van der Waals surface area contributed by atoms with E-state index in [0.717, 1.165) is 19.1 Å². The van der Waals surface area contributed by atoms with Gasteiger partial charge >= 0.3 is 0 Å². The number of nitrogens with one attached hydrogen (secondary N) is 2. The highest BCUT2D eigenvalue weighted by molar-refractivity contribution is 7.99. The summed E-state index contributed by atoms with van der Waals surface area (Å²) in [6.07, 6.45) is 0. The van der Waals surface area contributed by atoms with Crippen LogP contribution in [-0.2, 0) is 0 Å². The van der Waals surface area contributed by atoms with Crippen LogP contribution in [0.3, 0.4) is 0 Å². The minimum atomic E-state index is 0.979. The van der Waals surface area contributed by atoms with E-state index in [1.807, 2.05) is 11.8 Å². The predicted octanol–water partition coefficient (Wildman–Crippen LogP) is -0.173. The van der Waals surface area contributed by atoms with E-state index >= 15 is 0 Å². The molecular formula is C4H10N2S. The predicted molar refractivity (Wildman–Crippen MR) is 33.3 cm³/mol. The fourth-order valence-corrected chi connectivity index (χ4v) is 1.20. The van der Waals surface area contributed by atoms with Crippen molar-refractivity contribution < 1.29 is 0 Å². The lowest BCUT2D eigenvalue weighted by atomic mass is 10.7.